The van der Waals surface area contributed by atoms with Gasteiger partial charge in [0.15, 0.2) is 0 Å². The third-order valence-corrected chi connectivity index (χ3v) is 3.04. The first-order chi connectivity index (χ1) is 9.69. The Morgan fingerprint density at radius 1 is 1.20 bits per heavy atom. The number of rotatable bonds is 10. The third kappa shape index (κ3) is 6.29. The monoisotopic (exact) mass is 321 g/mol. The van der Waals surface area contributed by atoms with Crippen molar-refractivity contribution >= 4 is 23.2 Å². The topological polar surface area (TPSA) is 50.7 Å². The van der Waals surface area contributed by atoms with Gasteiger partial charge >= 0.3 is 0 Å². The van der Waals surface area contributed by atoms with E-state index in [1.165, 1.54) is 0 Å². The zero-order chi connectivity index (χ0) is 14.8. The average Bonchev–Trinajstić information content (AvgIpc) is 2.41. The van der Waals surface area contributed by atoms with E-state index >= 15 is 0 Å². The first-order valence-electron chi connectivity index (χ1n) is 6.69. The van der Waals surface area contributed by atoms with E-state index in [4.69, 9.17) is 37.8 Å². The molecule has 1 rings (SSSR count). The molecule has 114 valence electrons. The molecule has 6 heteroatoms. The second-order valence-corrected chi connectivity index (χ2v) is 5.08. The van der Waals surface area contributed by atoms with Gasteiger partial charge in [0, 0.05) is 17.1 Å². The van der Waals surface area contributed by atoms with Gasteiger partial charge in [-0.05, 0) is 25.1 Å². The van der Waals surface area contributed by atoms with E-state index < -0.39 is 0 Å². The van der Waals surface area contributed by atoms with Gasteiger partial charge in [-0.2, -0.15) is 0 Å². The lowest BCUT2D eigenvalue weighted by atomic mass is 10.2. The molecule has 0 saturated carbocycles. The molecule has 2 N–H and O–H groups in total. The van der Waals surface area contributed by atoms with Crippen LogP contribution in [0, 0.1) is 0 Å². The highest BCUT2D eigenvalue weighted by Gasteiger charge is 2.10. The zero-order valence-electron chi connectivity index (χ0n) is 11.6. The van der Waals surface area contributed by atoms with Crippen LogP contribution in [0.4, 0.5) is 0 Å². The smallest absolute Gasteiger partial charge is 0.142 e. The molecule has 1 aromatic carbocycles. The van der Waals surface area contributed by atoms with Crippen LogP contribution in [0.15, 0.2) is 12.1 Å². The highest BCUT2D eigenvalue weighted by molar-refractivity contribution is 6.35. The van der Waals surface area contributed by atoms with Gasteiger partial charge in [-0.25, -0.2) is 0 Å². The van der Waals surface area contributed by atoms with E-state index in [0.29, 0.717) is 42.2 Å². The standard InChI is InChI=1S/C14H21Cl2NO3/c1-2-3-17-10-11-8-12(15)9-13(16)14(11)20-7-6-19-5-4-18/h8-9,17-18H,2-7,10H2,1H3. The van der Waals surface area contributed by atoms with Crippen molar-refractivity contribution in [2.24, 2.45) is 0 Å². The molecular formula is C14H21Cl2NO3. The molecular weight excluding hydrogens is 301 g/mol. The van der Waals surface area contributed by atoms with Gasteiger partial charge in [-0.15, -0.1) is 0 Å². The summed E-state index contributed by atoms with van der Waals surface area (Å²) in [5.74, 6) is 0.632. The van der Waals surface area contributed by atoms with Crippen molar-refractivity contribution in [3.8, 4) is 5.75 Å². The van der Waals surface area contributed by atoms with Crippen LogP contribution in [0.3, 0.4) is 0 Å². The summed E-state index contributed by atoms with van der Waals surface area (Å²) in [6.45, 7) is 4.78. The summed E-state index contributed by atoms with van der Waals surface area (Å²) < 4.78 is 10.8. The predicted octanol–water partition coefficient (Wildman–Crippen LogP) is 2.88. The molecule has 0 saturated heterocycles. The largest absolute Gasteiger partial charge is 0.489 e. The van der Waals surface area contributed by atoms with E-state index in [1.807, 2.05) is 6.07 Å². The molecule has 0 fully saturated rings. The SMILES string of the molecule is CCCNCc1cc(Cl)cc(Cl)c1OCCOCCO. The molecule has 4 nitrogen and oxygen atoms in total. The fourth-order valence-corrected chi connectivity index (χ4v) is 2.27. The summed E-state index contributed by atoms with van der Waals surface area (Å²) in [5.41, 5.74) is 0.929. The van der Waals surface area contributed by atoms with Gasteiger partial charge in [0.05, 0.1) is 24.8 Å². The Kier molecular flexibility index (Phi) is 8.98. The highest BCUT2D eigenvalue weighted by Crippen LogP contribution is 2.32. The fourth-order valence-electron chi connectivity index (χ4n) is 1.68. The normalized spacial score (nSPS) is 10.8. The van der Waals surface area contributed by atoms with Gasteiger partial charge in [0.2, 0.25) is 0 Å². The van der Waals surface area contributed by atoms with E-state index in [1.54, 1.807) is 6.07 Å². The number of hydrogen-bond donors (Lipinski definition) is 2. The van der Waals surface area contributed by atoms with Crippen molar-refractivity contribution in [3.05, 3.63) is 27.7 Å². The number of halogens is 2. The molecule has 0 bridgehead atoms. The Hall–Kier alpha value is -0.520. The van der Waals surface area contributed by atoms with E-state index in [-0.39, 0.29) is 6.61 Å². The number of benzene rings is 1. The maximum Gasteiger partial charge on any atom is 0.142 e. The summed E-state index contributed by atoms with van der Waals surface area (Å²) in [5, 5.41) is 13.0. The molecule has 0 aliphatic heterocycles. The summed E-state index contributed by atoms with van der Waals surface area (Å²) >= 11 is 12.2. The Morgan fingerprint density at radius 2 is 2.00 bits per heavy atom. The minimum Gasteiger partial charge on any atom is -0.489 e. The van der Waals surface area contributed by atoms with Crippen molar-refractivity contribution in [1.29, 1.82) is 0 Å². The lowest BCUT2D eigenvalue weighted by Crippen LogP contribution is -2.16. The van der Waals surface area contributed by atoms with E-state index in [0.717, 1.165) is 18.5 Å². The quantitative estimate of drug-likeness (QED) is 0.651. The van der Waals surface area contributed by atoms with Crippen molar-refractivity contribution in [1.82, 2.24) is 5.32 Å². The maximum absolute atomic E-state index is 8.61. The Morgan fingerprint density at radius 3 is 2.70 bits per heavy atom. The first-order valence-corrected chi connectivity index (χ1v) is 7.44. The van der Waals surface area contributed by atoms with Crippen LogP contribution in [-0.4, -0.2) is 38.1 Å². The first kappa shape index (κ1) is 17.5. The van der Waals surface area contributed by atoms with E-state index in [9.17, 15) is 0 Å². The number of aliphatic hydroxyl groups is 1. The molecule has 0 unspecified atom stereocenters. The minimum atomic E-state index is 0.00783. The maximum atomic E-state index is 8.61. The molecule has 20 heavy (non-hydrogen) atoms. The molecule has 0 aromatic heterocycles. The van der Waals surface area contributed by atoms with Crippen molar-refractivity contribution in [2.45, 2.75) is 19.9 Å². The molecule has 0 amide bonds. The Balaban J connectivity index is 2.61. The highest BCUT2D eigenvalue weighted by atomic mass is 35.5. The van der Waals surface area contributed by atoms with Crippen molar-refractivity contribution in [2.75, 3.05) is 33.0 Å². The molecule has 0 spiro atoms. The number of ether oxygens (including phenoxy) is 2. The molecule has 1 aromatic rings. The lowest BCUT2D eigenvalue weighted by molar-refractivity contribution is 0.0703. The summed E-state index contributed by atoms with van der Waals surface area (Å²) in [6, 6.07) is 3.51. The fraction of sp³-hybridized carbons (Fsp3) is 0.571. The van der Waals surface area contributed by atoms with Crippen LogP contribution in [-0.2, 0) is 11.3 Å². The van der Waals surface area contributed by atoms with Crippen molar-refractivity contribution in [3.63, 3.8) is 0 Å². The predicted molar refractivity (Wildman–Crippen MR) is 81.9 cm³/mol. The molecule has 0 aliphatic carbocycles. The van der Waals surface area contributed by atoms with Gasteiger partial charge in [-0.3, -0.25) is 0 Å². The molecule has 0 radical (unpaired) electrons. The Labute approximate surface area is 130 Å². The Bertz CT molecular complexity index is 402. The average molecular weight is 322 g/mol. The molecule has 0 atom stereocenters. The van der Waals surface area contributed by atoms with Gasteiger partial charge in [0.1, 0.15) is 12.4 Å². The second kappa shape index (κ2) is 10.2. The van der Waals surface area contributed by atoms with Crippen LogP contribution < -0.4 is 10.1 Å². The van der Waals surface area contributed by atoms with Crippen LogP contribution in [0.25, 0.3) is 0 Å². The summed E-state index contributed by atoms with van der Waals surface area (Å²) in [4.78, 5) is 0. The zero-order valence-corrected chi connectivity index (χ0v) is 13.1. The third-order valence-electron chi connectivity index (χ3n) is 2.54. The molecule has 0 aliphatic rings. The number of aliphatic hydroxyl groups excluding tert-OH is 1. The van der Waals surface area contributed by atoms with Gasteiger partial charge < -0.3 is 19.9 Å². The van der Waals surface area contributed by atoms with Crippen LogP contribution in [0.5, 0.6) is 5.75 Å². The summed E-state index contributed by atoms with van der Waals surface area (Å²) in [6.07, 6.45) is 1.06. The van der Waals surface area contributed by atoms with Gasteiger partial charge in [0.25, 0.3) is 0 Å². The van der Waals surface area contributed by atoms with Gasteiger partial charge in [-0.1, -0.05) is 30.1 Å². The summed E-state index contributed by atoms with van der Waals surface area (Å²) in [7, 11) is 0. The van der Waals surface area contributed by atoms with Crippen LogP contribution in [0.1, 0.15) is 18.9 Å². The van der Waals surface area contributed by atoms with E-state index in [2.05, 4.69) is 12.2 Å². The molecule has 0 heterocycles. The van der Waals surface area contributed by atoms with Crippen molar-refractivity contribution < 1.29 is 14.6 Å². The minimum absolute atomic E-state index is 0.00783. The second-order valence-electron chi connectivity index (χ2n) is 4.24. The van der Waals surface area contributed by atoms with Crippen LogP contribution in [0.2, 0.25) is 10.0 Å². The number of hydrogen-bond acceptors (Lipinski definition) is 4. The van der Waals surface area contributed by atoms with Crippen LogP contribution >= 0.6 is 23.2 Å². The lowest BCUT2D eigenvalue weighted by Gasteiger charge is -2.14. The number of nitrogens with one attached hydrogen (secondary N) is 1.